The van der Waals surface area contributed by atoms with Crippen molar-refractivity contribution in [3.63, 3.8) is 0 Å². The summed E-state index contributed by atoms with van der Waals surface area (Å²) in [4.78, 5) is 31.2. The van der Waals surface area contributed by atoms with E-state index >= 15 is 0 Å². The van der Waals surface area contributed by atoms with Gasteiger partial charge in [0, 0.05) is 11.4 Å². The molecule has 2 unspecified atom stereocenters. The quantitative estimate of drug-likeness (QED) is 0.650. The Morgan fingerprint density at radius 1 is 1.03 bits per heavy atom. The largest absolute Gasteiger partial charge is 0.326 e. The molecular formula is C24H23N3O2S. The van der Waals surface area contributed by atoms with Gasteiger partial charge in [-0.25, -0.2) is 9.69 Å². The van der Waals surface area contributed by atoms with Crippen molar-refractivity contribution in [2.24, 2.45) is 0 Å². The maximum atomic E-state index is 13.4. The van der Waals surface area contributed by atoms with Crippen LogP contribution in [-0.4, -0.2) is 35.0 Å². The topological polar surface area (TPSA) is 52.7 Å². The molecule has 0 bridgehead atoms. The van der Waals surface area contributed by atoms with Gasteiger partial charge in [-0.15, -0.1) is 11.3 Å². The average molecular weight is 418 g/mol. The van der Waals surface area contributed by atoms with Crippen molar-refractivity contribution in [1.82, 2.24) is 15.1 Å². The first kappa shape index (κ1) is 19.0. The molecule has 3 amide bonds. The zero-order chi connectivity index (χ0) is 20.7. The summed E-state index contributed by atoms with van der Waals surface area (Å²) in [5.41, 5.74) is 2.21. The average Bonchev–Trinajstić information content (AvgIpc) is 3.34. The lowest BCUT2D eigenvalue weighted by atomic mass is 9.92. The number of nitrogens with zero attached hydrogens (tertiary/aromatic N) is 2. The van der Waals surface area contributed by atoms with Gasteiger partial charge in [0.15, 0.2) is 0 Å². The fourth-order valence-corrected chi connectivity index (χ4v) is 5.42. The van der Waals surface area contributed by atoms with Crippen molar-refractivity contribution in [1.29, 1.82) is 0 Å². The van der Waals surface area contributed by atoms with E-state index in [0.29, 0.717) is 0 Å². The summed E-state index contributed by atoms with van der Waals surface area (Å²) in [5, 5.41) is 5.05. The van der Waals surface area contributed by atoms with Crippen LogP contribution in [-0.2, 0) is 16.8 Å². The Balaban J connectivity index is 1.46. The minimum atomic E-state index is -1.04. The van der Waals surface area contributed by atoms with E-state index in [4.69, 9.17) is 0 Å². The summed E-state index contributed by atoms with van der Waals surface area (Å²) >= 11 is 1.78. The number of rotatable bonds is 4. The van der Waals surface area contributed by atoms with Crippen molar-refractivity contribution in [2.75, 3.05) is 13.2 Å². The summed E-state index contributed by atoms with van der Waals surface area (Å²) in [6, 6.07) is 21.6. The lowest BCUT2D eigenvalue weighted by Crippen LogP contribution is -2.47. The van der Waals surface area contributed by atoms with Crippen molar-refractivity contribution in [3.05, 3.63) is 93.7 Å². The second-order valence-electron chi connectivity index (χ2n) is 7.97. The number of hydrogen-bond acceptors (Lipinski definition) is 4. The molecule has 6 heteroatoms. The molecule has 30 heavy (non-hydrogen) atoms. The van der Waals surface area contributed by atoms with Crippen LogP contribution in [0.3, 0.4) is 0 Å². The smallest absolute Gasteiger partial charge is 0.319 e. The summed E-state index contributed by atoms with van der Waals surface area (Å²) in [7, 11) is 0. The maximum Gasteiger partial charge on any atom is 0.326 e. The molecule has 5 rings (SSSR count). The predicted molar refractivity (Wildman–Crippen MR) is 117 cm³/mol. The first-order chi connectivity index (χ1) is 14.6. The Hall–Kier alpha value is -2.96. The molecule has 2 aliphatic rings. The van der Waals surface area contributed by atoms with Gasteiger partial charge < -0.3 is 5.32 Å². The molecule has 0 spiro atoms. The molecule has 3 aromatic rings. The Labute approximate surface area is 179 Å². The van der Waals surface area contributed by atoms with Crippen LogP contribution in [0.4, 0.5) is 4.79 Å². The van der Waals surface area contributed by atoms with Crippen LogP contribution in [0.1, 0.15) is 34.5 Å². The van der Waals surface area contributed by atoms with Crippen molar-refractivity contribution < 1.29 is 9.59 Å². The van der Waals surface area contributed by atoms with Crippen molar-refractivity contribution >= 4 is 23.3 Å². The van der Waals surface area contributed by atoms with Crippen LogP contribution < -0.4 is 5.32 Å². The van der Waals surface area contributed by atoms with E-state index in [-0.39, 0.29) is 24.6 Å². The molecule has 5 nitrogen and oxygen atoms in total. The van der Waals surface area contributed by atoms with E-state index in [1.165, 1.54) is 20.9 Å². The molecule has 1 aromatic heterocycles. The van der Waals surface area contributed by atoms with Crippen LogP contribution in [0.5, 0.6) is 0 Å². The molecule has 1 fully saturated rings. The van der Waals surface area contributed by atoms with E-state index in [1.54, 1.807) is 18.3 Å². The van der Waals surface area contributed by atoms with Crippen molar-refractivity contribution in [2.45, 2.75) is 24.9 Å². The van der Waals surface area contributed by atoms with E-state index in [0.717, 1.165) is 18.5 Å². The van der Waals surface area contributed by atoms with Crippen molar-refractivity contribution in [3.8, 4) is 0 Å². The van der Waals surface area contributed by atoms with Gasteiger partial charge in [0.2, 0.25) is 0 Å². The Kier molecular flexibility index (Phi) is 4.68. The number of benzene rings is 2. The number of carbonyl (C=O) groups excluding carboxylic acids is 2. The second kappa shape index (κ2) is 7.38. The minimum absolute atomic E-state index is 0.0328. The number of hydrogen-bond donors (Lipinski definition) is 1. The molecule has 0 saturated carbocycles. The van der Waals surface area contributed by atoms with Gasteiger partial charge in [-0.05, 0) is 41.5 Å². The Morgan fingerprint density at radius 2 is 1.73 bits per heavy atom. The number of carbonyl (C=O) groups is 2. The highest BCUT2D eigenvalue weighted by atomic mass is 32.1. The highest BCUT2D eigenvalue weighted by Crippen LogP contribution is 2.38. The number of urea groups is 1. The molecule has 1 saturated heterocycles. The van der Waals surface area contributed by atoms with E-state index in [9.17, 15) is 9.59 Å². The fourth-order valence-electron chi connectivity index (χ4n) is 4.52. The monoisotopic (exact) mass is 417 g/mol. The van der Waals surface area contributed by atoms with Crippen LogP contribution in [0.2, 0.25) is 0 Å². The van der Waals surface area contributed by atoms with E-state index in [2.05, 4.69) is 33.8 Å². The third kappa shape index (κ3) is 3.04. The molecule has 152 valence electrons. The molecule has 0 aliphatic carbocycles. The molecule has 3 heterocycles. The zero-order valence-electron chi connectivity index (χ0n) is 16.7. The lowest BCUT2D eigenvalue weighted by molar-refractivity contribution is -0.132. The van der Waals surface area contributed by atoms with Crippen LogP contribution >= 0.6 is 11.3 Å². The normalized spacial score (nSPS) is 24.0. The maximum absolute atomic E-state index is 13.4. The molecular weight excluding hydrogens is 394 g/mol. The van der Waals surface area contributed by atoms with Gasteiger partial charge >= 0.3 is 6.03 Å². The number of thiophene rings is 1. The standard InChI is InChI=1S/C24H23N3O2S/c1-24(18-10-6-3-7-11-18)22(28)27(23(29)25-24)16-26-14-12-20-19(13-15-30-20)21(26)17-8-4-2-5-9-17/h2-11,13,15,21H,12,14,16H2,1H3,(H,25,29). The lowest BCUT2D eigenvalue weighted by Gasteiger charge is -2.37. The number of amides is 3. The highest BCUT2D eigenvalue weighted by Gasteiger charge is 2.49. The van der Waals surface area contributed by atoms with Crippen LogP contribution in [0, 0.1) is 0 Å². The first-order valence-electron chi connectivity index (χ1n) is 10.1. The van der Waals surface area contributed by atoms with E-state index < -0.39 is 5.54 Å². The second-order valence-corrected chi connectivity index (χ2v) is 8.97. The predicted octanol–water partition coefficient (Wildman–Crippen LogP) is 4.12. The number of nitrogens with one attached hydrogen (secondary N) is 1. The van der Waals surface area contributed by atoms with Gasteiger partial charge in [0.05, 0.1) is 12.7 Å². The third-order valence-electron chi connectivity index (χ3n) is 6.13. The van der Waals surface area contributed by atoms with Gasteiger partial charge in [-0.2, -0.15) is 0 Å². The van der Waals surface area contributed by atoms with Crippen LogP contribution in [0.15, 0.2) is 72.1 Å². The Bertz CT molecular complexity index is 1080. The van der Waals surface area contributed by atoms with E-state index in [1.807, 2.05) is 48.5 Å². The SMILES string of the molecule is CC1(c2ccccc2)NC(=O)N(CN2CCc3sccc3C2c2ccccc2)C1=O. The molecule has 2 aliphatic heterocycles. The summed E-state index contributed by atoms with van der Waals surface area (Å²) in [5.74, 6) is -0.207. The van der Waals surface area contributed by atoms with Gasteiger partial charge in [0.1, 0.15) is 5.54 Å². The zero-order valence-corrected chi connectivity index (χ0v) is 17.6. The number of fused-ring (bicyclic) bond motifs is 1. The summed E-state index contributed by atoms with van der Waals surface area (Å²) in [6.07, 6.45) is 0.927. The first-order valence-corrected chi connectivity index (χ1v) is 11.0. The Morgan fingerprint density at radius 3 is 2.47 bits per heavy atom. The molecule has 2 aromatic carbocycles. The van der Waals surface area contributed by atoms with Gasteiger partial charge in [-0.3, -0.25) is 9.69 Å². The summed E-state index contributed by atoms with van der Waals surface area (Å²) in [6.45, 7) is 2.85. The van der Waals surface area contributed by atoms with Gasteiger partial charge in [-0.1, -0.05) is 60.7 Å². The number of imide groups is 1. The fraction of sp³-hybridized carbons (Fsp3) is 0.250. The summed E-state index contributed by atoms with van der Waals surface area (Å²) < 4.78 is 0. The minimum Gasteiger partial charge on any atom is -0.319 e. The highest BCUT2D eigenvalue weighted by molar-refractivity contribution is 7.10. The third-order valence-corrected chi connectivity index (χ3v) is 7.13. The van der Waals surface area contributed by atoms with Gasteiger partial charge in [0.25, 0.3) is 5.91 Å². The molecule has 0 radical (unpaired) electrons. The molecule has 2 atom stereocenters. The van der Waals surface area contributed by atoms with Crippen LogP contribution in [0.25, 0.3) is 0 Å². The molecule has 1 N–H and O–H groups in total.